The number of benzene rings is 3. The van der Waals surface area contributed by atoms with Gasteiger partial charge < -0.3 is 10.1 Å². The molecule has 0 bridgehead atoms. The number of ether oxygens (including phenoxy) is 1. The molecule has 0 aliphatic heterocycles. The number of fused-ring (bicyclic) bond motifs is 5. The van der Waals surface area contributed by atoms with Crippen molar-refractivity contribution in [3.8, 4) is 5.75 Å². The third-order valence-electron chi connectivity index (χ3n) is 5.09. The van der Waals surface area contributed by atoms with Gasteiger partial charge in [-0.15, -0.1) is 0 Å². The molecule has 5 aromatic rings. The summed E-state index contributed by atoms with van der Waals surface area (Å²) in [4.78, 5) is 22.2. The van der Waals surface area contributed by atoms with Crippen LogP contribution in [0.2, 0.25) is 0 Å². The molecule has 0 fully saturated rings. The fourth-order valence-electron chi connectivity index (χ4n) is 3.54. The number of amides is 1. The first kappa shape index (κ1) is 19.4. The Hall–Kier alpha value is -3.58. The number of para-hydroxylation sites is 3. The predicted molar refractivity (Wildman–Crippen MR) is 124 cm³/mol. The van der Waals surface area contributed by atoms with E-state index < -0.39 is 0 Å². The lowest BCUT2D eigenvalue weighted by molar-refractivity contribution is -0.118. The van der Waals surface area contributed by atoms with Gasteiger partial charge in [0, 0.05) is 11.9 Å². The SMILES string of the molecule is COc1ccc(CNC(=O)CSc2nc3ccccc3c3nc4ccccc4n23)cc1. The predicted octanol–water partition coefficient (Wildman–Crippen LogP) is 4.45. The first-order valence-electron chi connectivity index (χ1n) is 9.91. The van der Waals surface area contributed by atoms with E-state index in [-0.39, 0.29) is 11.7 Å². The van der Waals surface area contributed by atoms with Crippen molar-refractivity contribution in [1.82, 2.24) is 19.7 Å². The molecule has 0 unspecified atom stereocenters. The van der Waals surface area contributed by atoms with Gasteiger partial charge in [0.2, 0.25) is 5.91 Å². The largest absolute Gasteiger partial charge is 0.497 e. The van der Waals surface area contributed by atoms with E-state index in [2.05, 4.69) is 5.32 Å². The van der Waals surface area contributed by atoms with Crippen LogP contribution in [0.15, 0.2) is 78.0 Å². The molecule has 6 nitrogen and oxygen atoms in total. The molecule has 0 atom stereocenters. The maximum atomic E-state index is 12.5. The van der Waals surface area contributed by atoms with Gasteiger partial charge in [-0.1, -0.05) is 48.2 Å². The van der Waals surface area contributed by atoms with Gasteiger partial charge in [0.05, 0.1) is 29.4 Å². The van der Waals surface area contributed by atoms with Crippen molar-refractivity contribution in [1.29, 1.82) is 0 Å². The minimum Gasteiger partial charge on any atom is -0.497 e. The van der Waals surface area contributed by atoms with Crippen molar-refractivity contribution in [3.63, 3.8) is 0 Å². The summed E-state index contributed by atoms with van der Waals surface area (Å²) < 4.78 is 7.21. The normalized spacial score (nSPS) is 11.3. The van der Waals surface area contributed by atoms with Gasteiger partial charge in [-0.2, -0.15) is 0 Å². The Morgan fingerprint density at radius 1 is 0.968 bits per heavy atom. The highest BCUT2D eigenvalue weighted by molar-refractivity contribution is 7.99. The second kappa shape index (κ2) is 8.28. The van der Waals surface area contributed by atoms with E-state index in [1.165, 1.54) is 11.8 Å². The Morgan fingerprint density at radius 2 is 1.71 bits per heavy atom. The minimum absolute atomic E-state index is 0.0478. The number of methoxy groups -OCH3 is 1. The van der Waals surface area contributed by atoms with Crippen LogP contribution in [-0.4, -0.2) is 33.1 Å². The molecule has 2 aromatic heterocycles. The topological polar surface area (TPSA) is 68.5 Å². The third kappa shape index (κ3) is 3.80. The van der Waals surface area contributed by atoms with Crippen LogP contribution in [0.5, 0.6) is 5.75 Å². The van der Waals surface area contributed by atoms with Crippen LogP contribution in [0.25, 0.3) is 27.6 Å². The maximum Gasteiger partial charge on any atom is 0.230 e. The standard InChI is InChI=1S/C24H20N4O2S/c1-30-17-12-10-16(11-13-17)14-25-22(29)15-31-24-27-19-7-3-2-6-18(19)23-26-20-8-4-5-9-21(20)28(23)24/h2-13H,14-15H2,1H3,(H,25,29). The Labute approximate surface area is 183 Å². The number of thioether (sulfide) groups is 1. The lowest BCUT2D eigenvalue weighted by Gasteiger charge is -2.09. The number of imidazole rings is 1. The lowest BCUT2D eigenvalue weighted by Crippen LogP contribution is -2.24. The third-order valence-corrected chi connectivity index (χ3v) is 6.03. The molecule has 0 aliphatic rings. The maximum absolute atomic E-state index is 12.5. The first-order valence-corrected chi connectivity index (χ1v) is 10.9. The van der Waals surface area contributed by atoms with E-state index >= 15 is 0 Å². The van der Waals surface area contributed by atoms with Crippen LogP contribution < -0.4 is 10.1 Å². The van der Waals surface area contributed by atoms with Crippen molar-refractivity contribution >= 4 is 45.3 Å². The van der Waals surface area contributed by atoms with Gasteiger partial charge in [-0.05, 0) is 42.0 Å². The van der Waals surface area contributed by atoms with Crippen LogP contribution >= 0.6 is 11.8 Å². The Bertz CT molecular complexity index is 1400. The van der Waals surface area contributed by atoms with Gasteiger partial charge in [0.25, 0.3) is 0 Å². The van der Waals surface area contributed by atoms with Crippen LogP contribution in [0.3, 0.4) is 0 Å². The molecule has 154 valence electrons. The average Bonchev–Trinajstić information content (AvgIpc) is 3.22. The highest BCUT2D eigenvalue weighted by Crippen LogP contribution is 2.28. The molecule has 2 heterocycles. The molecule has 0 aliphatic carbocycles. The molecule has 1 N–H and O–H groups in total. The van der Waals surface area contributed by atoms with Crippen molar-refractivity contribution in [2.24, 2.45) is 0 Å². The molecule has 3 aromatic carbocycles. The van der Waals surface area contributed by atoms with Crippen LogP contribution in [0.4, 0.5) is 0 Å². The Morgan fingerprint density at radius 3 is 2.52 bits per heavy atom. The number of nitrogens with zero attached hydrogens (tertiary/aromatic N) is 3. The zero-order valence-corrected chi connectivity index (χ0v) is 17.7. The van der Waals surface area contributed by atoms with Gasteiger partial charge >= 0.3 is 0 Å². The molecule has 5 rings (SSSR count). The first-order chi connectivity index (χ1) is 15.2. The zero-order valence-electron chi connectivity index (χ0n) is 16.9. The minimum atomic E-state index is -0.0478. The summed E-state index contributed by atoms with van der Waals surface area (Å²) in [6.07, 6.45) is 0. The molecular weight excluding hydrogens is 408 g/mol. The highest BCUT2D eigenvalue weighted by Gasteiger charge is 2.15. The van der Waals surface area contributed by atoms with E-state index in [1.54, 1.807) is 7.11 Å². The fraction of sp³-hybridized carbons (Fsp3) is 0.125. The van der Waals surface area contributed by atoms with E-state index in [4.69, 9.17) is 14.7 Å². The van der Waals surface area contributed by atoms with Crippen LogP contribution in [-0.2, 0) is 11.3 Å². The smallest absolute Gasteiger partial charge is 0.230 e. The fourth-order valence-corrected chi connectivity index (χ4v) is 4.37. The van der Waals surface area contributed by atoms with E-state index in [0.29, 0.717) is 6.54 Å². The summed E-state index contributed by atoms with van der Waals surface area (Å²) in [5.41, 5.74) is 4.63. The van der Waals surface area contributed by atoms with Gasteiger partial charge in [-0.25, -0.2) is 9.97 Å². The highest BCUT2D eigenvalue weighted by atomic mass is 32.2. The number of carbonyl (C=O) groups is 1. The number of hydrogen-bond acceptors (Lipinski definition) is 5. The zero-order chi connectivity index (χ0) is 21.2. The van der Waals surface area contributed by atoms with Crippen LogP contribution in [0.1, 0.15) is 5.56 Å². The van der Waals surface area contributed by atoms with Gasteiger partial charge in [0.15, 0.2) is 5.16 Å². The number of rotatable bonds is 6. The van der Waals surface area contributed by atoms with Crippen molar-refractivity contribution < 1.29 is 9.53 Å². The molecule has 0 radical (unpaired) electrons. The molecular formula is C24H20N4O2S. The summed E-state index contributed by atoms with van der Waals surface area (Å²) in [5.74, 6) is 1.02. The number of hydrogen-bond donors (Lipinski definition) is 1. The molecule has 0 spiro atoms. The van der Waals surface area contributed by atoms with E-state index in [1.807, 2.05) is 77.2 Å². The summed E-state index contributed by atoms with van der Waals surface area (Å²) in [5, 5.41) is 4.71. The second-order valence-corrected chi connectivity index (χ2v) is 8.03. The monoisotopic (exact) mass is 428 g/mol. The van der Waals surface area contributed by atoms with E-state index in [0.717, 1.165) is 44.1 Å². The Kier molecular flexibility index (Phi) is 5.18. The summed E-state index contributed by atoms with van der Waals surface area (Å²) in [7, 11) is 1.63. The summed E-state index contributed by atoms with van der Waals surface area (Å²) >= 11 is 1.41. The van der Waals surface area contributed by atoms with Crippen molar-refractivity contribution in [3.05, 3.63) is 78.4 Å². The van der Waals surface area contributed by atoms with Crippen molar-refractivity contribution in [2.75, 3.05) is 12.9 Å². The molecule has 0 saturated carbocycles. The van der Waals surface area contributed by atoms with Gasteiger partial charge in [-0.3, -0.25) is 9.20 Å². The van der Waals surface area contributed by atoms with E-state index in [9.17, 15) is 4.79 Å². The van der Waals surface area contributed by atoms with Crippen LogP contribution in [0, 0.1) is 0 Å². The number of aromatic nitrogens is 3. The Balaban J connectivity index is 1.39. The summed E-state index contributed by atoms with van der Waals surface area (Å²) in [6, 6.07) is 23.6. The van der Waals surface area contributed by atoms with Crippen molar-refractivity contribution in [2.45, 2.75) is 11.7 Å². The second-order valence-electron chi connectivity index (χ2n) is 7.08. The molecule has 0 saturated heterocycles. The average molecular weight is 429 g/mol. The molecule has 31 heavy (non-hydrogen) atoms. The molecule has 1 amide bonds. The number of nitrogens with one attached hydrogen (secondary N) is 1. The number of carbonyl (C=O) groups excluding carboxylic acids is 1. The quantitative estimate of drug-likeness (QED) is 0.320. The lowest BCUT2D eigenvalue weighted by atomic mass is 10.2. The summed E-state index contributed by atoms with van der Waals surface area (Å²) in [6.45, 7) is 0.470. The van der Waals surface area contributed by atoms with Gasteiger partial charge in [0.1, 0.15) is 11.4 Å². The molecule has 7 heteroatoms.